The fourth-order valence-corrected chi connectivity index (χ4v) is 3.90. The molecule has 2 atom stereocenters. The largest absolute Gasteiger partial charge is 0.370 e. The maximum atomic E-state index is 12.9. The van der Waals surface area contributed by atoms with Gasteiger partial charge in [-0.2, -0.15) is 5.10 Å². The number of nitrogens with zero attached hydrogens (tertiary/aromatic N) is 3. The molecule has 1 saturated heterocycles. The van der Waals surface area contributed by atoms with Gasteiger partial charge in [-0.3, -0.25) is 9.36 Å². The van der Waals surface area contributed by atoms with E-state index in [1.807, 2.05) is 25.1 Å². The van der Waals surface area contributed by atoms with Crippen LogP contribution in [0, 0.1) is 0 Å². The molecule has 1 fully saturated rings. The molecule has 1 aliphatic rings. The first-order valence-electron chi connectivity index (χ1n) is 9.81. The Morgan fingerprint density at radius 2 is 1.90 bits per heavy atom. The lowest BCUT2D eigenvalue weighted by Gasteiger charge is -2.18. The first-order chi connectivity index (χ1) is 14.1. The molecule has 0 saturated carbocycles. The molecular formula is C22H24N4O3. The van der Waals surface area contributed by atoms with Gasteiger partial charge in [-0.1, -0.05) is 42.5 Å². The third-order valence-corrected chi connectivity index (χ3v) is 5.41. The van der Waals surface area contributed by atoms with Gasteiger partial charge in [-0.15, -0.1) is 0 Å². The van der Waals surface area contributed by atoms with Crippen LogP contribution in [0.15, 0.2) is 59.4 Å². The molecule has 1 aliphatic heterocycles. The summed E-state index contributed by atoms with van der Waals surface area (Å²) in [6.45, 7) is 3.42. The average Bonchev–Trinajstić information content (AvgIpc) is 3.34. The molecule has 150 valence electrons. The maximum absolute atomic E-state index is 12.9. The topological polar surface area (TPSA) is 92.1 Å². The summed E-state index contributed by atoms with van der Waals surface area (Å²) in [4.78, 5) is 24.2. The van der Waals surface area contributed by atoms with Crippen molar-refractivity contribution in [2.75, 3.05) is 6.61 Å². The summed E-state index contributed by atoms with van der Waals surface area (Å²) in [6.07, 6.45) is 0.650. The zero-order valence-electron chi connectivity index (χ0n) is 16.3. The van der Waals surface area contributed by atoms with Gasteiger partial charge in [0.15, 0.2) is 5.82 Å². The Morgan fingerprint density at radius 1 is 1.17 bits per heavy atom. The Hall–Kier alpha value is -3.19. The Labute approximate surface area is 168 Å². The van der Waals surface area contributed by atoms with Crippen LogP contribution in [0.1, 0.15) is 52.7 Å². The van der Waals surface area contributed by atoms with Crippen molar-refractivity contribution in [2.45, 2.75) is 38.5 Å². The van der Waals surface area contributed by atoms with Crippen molar-refractivity contribution in [1.82, 2.24) is 14.3 Å². The Balaban J connectivity index is 1.65. The van der Waals surface area contributed by atoms with Crippen LogP contribution in [0.5, 0.6) is 0 Å². The van der Waals surface area contributed by atoms with Gasteiger partial charge in [0.05, 0.1) is 6.54 Å². The molecule has 29 heavy (non-hydrogen) atoms. The van der Waals surface area contributed by atoms with Crippen molar-refractivity contribution >= 4 is 5.91 Å². The van der Waals surface area contributed by atoms with E-state index in [4.69, 9.17) is 10.5 Å². The monoisotopic (exact) mass is 392 g/mol. The minimum Gasteiger partial charge on any atom is -0.370 e. The smallest absolute Gasteiger partial charge is 0.346 e. The highest BCUT2D eigenvalue weighted by Gasteiger charge is 2.35. The van der Waals surface area contributed by atoms with Gasteiger partial charge in [0.1, 0.15) is 6.10 Å². The van der Waals surface area contributed by atoms with E-state index in [9.17, 15) is 9.59 Å². The Bertz CT molecular complexity index is 1050. The van der Waals surface area contributed by atoms with Gasteiger partial charge in [0.25, 0.3) is 0 Å². The van der Waals surface area contributed by atoms with E-state index in [1.165, 1.54) is 10.2 Å². The Kier molecular flexibility index (Phi) is 5.31. The van der Waals surface area contributed by atoms with E-state index in [1.54, 1.807) is 28.8 Å². The number of rotatable bonds is 6. The number of primary amides is 1. The molecular weight excluding hydrogens is 368 g/mol. The summed E-state index contributed by atoms with van der Waals surface area (Å²) < 4.78 is 9.17. The highest BCUT2D eigenvalue weighted by atomic mass is 16.5. The standard InChI is InChI=1S/C22H24N4O3/c1-2-25-21(19-18(12-13-29-19)16-6-4-3-5-7-16)24-26(22(25)28)14-15-8-10-17(11-9-15)20(23)27/h3-11,18-19H,2,12-14H2,1H3,(H2,23,27)/t18-,19-/m0/s1. The highest BCUT2D eigenvalue weighted by Crippen LogP contribution is 2.40. The van der Waals surface area contributed by atoms with Gasteiger partial charge in [-0.25, -0.2) is 9.48 Å². The number of carbonyl (C=O) groups excluding carboxylic acids is 1. The van der Waals surface area contributed by atoms with E-state index in [0.29, 0.717) is 31.1 Å². The molecule has 3 aromatic rings. The quantitative estimate of drug-likeness (QED) is 0.697. The van der Waals surface area contributed by atoms with Gasteiger partial charge >= 0.3 is 5.69 Å². The SMILES string of the molecule is CCn1c([C@H]2OCC[C@H]2c2ccccc2)nn(Cc2ccc(C(N)=O)cc2)c1=O. The predicted molar refractivity (Wildman–Crippen MR) is 109 cm³/mol. The molecule has 1 aromatic heterocycles. The number of aromatic nitrogens is 3. The number of amides is 1. The minimum atomic E-state index is -0.475. The normalized spacial score (nSPS) is 18.8. The van der Waals surface area contributed by atoms with Gasteiger partial charge in [0.2, 0.25) is 5.91 Å². The number of nitrogens with two attached hydrogens (primary N) is 1. The molecule has 0 aliphatic carbocycles. The van der Waals surface area contributed by atoms with Gasteiger partial charge in [0, 0.05) is 24.6 Å². The molecule has 4 rings (SSSR count). The van der Waals surface area contributed by atoms with E-state index in [2.05, 4.69) is 17.2 Å². The molecule has 2 N–H and O–H groups in total. The summed E-state index contributed by atoms with van der Waals surface area (Å²) in [6, 6.07) is 17.1. The van der Waals surface area contributed by atoms with E-state index in [0.717, 1.165) is 12.0 Å². The summed E-state index contributed by atoms with van der Waals surface area (Å²) >= 11 is 0. The zero-order chi connectivity index (χ0) is 20.4. The van der Waals surface area contributed by atoms with Crippen LogP contribution >= 0.6 is 0 Å². The van der Waals surface area contributed by atoms with Crippen molar-refractivity contribution in [3.8, 4) is 0 Å². The van der Waals surface area contributed by atoms with Gasteiger partial charge in [-0.05, 0) is 36.6 Å². The lowest BCUT2D eigenvalue weighted by molar-refractivity contribution is 0.0934. The highest BCUT2D eigenvalue weighted by molar-refractivity contribution is 5.92. The van der Waals surface area contributed by atoms with Crippen LogP contribution in [-0.2, 0) is 17.8 Å². The van der Waals surface area contributed by atoms with Crippen LogP contribution in [0.4, 0.5) is 0 Å². The summed E-state index contributed by atoms with van der Waals surface area (Å²) in [7, 11) is 0. The van der Waals surface area contributed by atoms with Gasteiger partial charge < -0.3 is 10.5 Å². The number of hydrogen-bond acceptors (Lipinski definition) is 4. The lowest BCUT2D eigenvalue weighted by atomic mass is 9.92. The molecule has 2 heterocycles. The van der Waals surface area contributed by atoms with Crippen molar-refractivity contribution in [3.05, 3.63) is 87.6 Å². The fourth-order valence-electron chi connectivity index (χ4n) is 3.90. The van der Waals surface area contributed by atoms with Crippen molar-refractivity contribution in [1.29, 1.82) is 0 Å². The van der Waals surface area contributed by atoms with Crippen LogP contribution in [0.2, 0.25) is 0 Å². The molecule has 0 spiro atoms. The molecule has 0 bridgehead atoms. The number of carbonyl (C=O) groups is 1. The Morgan fingerprint density at radius 3 is 2.55 bits per heavy atom. The van der Waals surface area contributed by atoms with Crippen molar-refractivity contribution in [3.63, 3.8) is 0 Å². The summed E-state index contributed by atoms with van der Waals surface area (Å²) in [5.41, 5.74) is 7.63. The number of ether oxygens (including phenoxy) is 1. The first kappa shape index (κ1) is 19.1. The zero-order valence-corrected chi connectivity index (χ0v) is 16.3. The molecule has 7 heteroatoms. The second kappa shape index (κ2) is 8.05. The molecule has 0 unspecified atom stereocenters. The first-order valence-corrected chi connectivity index (χ1v) is 9.81. The van der Waals surface area contributed by atoms with E-state index < -0.39 is 5.91 Å². The summed E-state index contributed by atoms with van der Waals surface area (Å²) in [5, 5.41) is 4.64. The van der Waals surface area contributed by atoms with Crippen LogP contribution < -0.4 is 11.4 Å². The van der Waals surface area contributed by atoms with E-state index in [-0.39, 0.29) is 17.7 Å². The molecule has 1 amide bonds. The predicted octanol–water partition coefficient (Wildman–Crippen LogP) is 2.46. The van der Waals surface area contributed by atoms with Crippen molar-refractivity contribution in [2.24, 2.45) is 5.73 Å². The number of benzene rings is 2. The van der Waals surface area contributed by atoms with Crippen molar-refractivity contribution < 1.29 is 9.53 Å². The summed E-state index contributed by atoms with van der Waals surface area (Å²) in [5.74, 6) is 0.362. The third-order valence-electron chi connectivity index (χ3n) is 5.41. The number of hydrogen-bond donors (Lipinski definition) is 1. The second-order valence-electron chi connectivity index (χ2n) is 7.20. The third kappa shape index (κ3) is 3.73. The minimum absolute atomic E-state index is 0.163. The fraction of sp³-hybridized carbons (Fsp3) is 0.318. The van der Waals surface area contributed by atoms with E-state index >= 15 is 0 Å². The molecule has 0 radical (unpaired) electrons. The molecule has 7 nitrogen and oxygen atoms in total. The maximum Gasteiger partial charge on any atom is 0.346 e. The van der Waals surface area contributed by atoms with Crippen LogP contribution in [0.3, 0.4) is 0 Å². The average molecular weight is 392 g/mol. The lowest BCUT2D eigenvalue weighted by Crippen LogP contribution is -2.26. The van der Waals surface area contributed by atoms with Crippen LogP contribution in [0.25, 0.3) is 0 Å². The second-order valence-corrected chi connectivity index (χ2v) is 7.20. The van der Waals surface area contributed by atoms with Crippen LogP contribution in [-0.4, -0.2) is 26.9 Å². The molecule has 2 aromatic carbocycles.